The first kappa shape index (κ1) is 19.1. The van der Waals surface area contributed by atoms with E-state index < -0.39 is 11.7 Å². The van der Waals surface area contributed by atoms with Gasteiger partial charge in [-0.05, 0) is 37.0 Å². The Kier molecular flexibility index (Phi) is 5.05. The van der Waals surface area contributed by atoms with Gasteiger partial charge in [0.1, 0.15) is 5.82 Å². The zero-order chi connectivity index (χ0) is 19.8. The number of rotatable bonds is 3. The molecule has 6 heteroatoms. The summed E-state index contributed by atoms with van der Waals surface area (Å²) in [5.74, 6) is -0.752. The molecule has 27 heavy (non-hydrogen) atoms. The summed E-state index contributed by atoms with van der Waals surface area (Å²) in [6.45, 7) is 7.12. The summed E-state index contributed by atoms with van der Waals surface area (Å²) in [5.41, 5.74) is 1.53. The summed E-state index contributed by atoms with van der Waals surface area (Å²) in [6, 6.07) is 7.57. The van der Waals surface area contributed by atoms with E-state index in [1.54, 1.807) is 0 Å². The zero-order valence-corrected chi connectivity index (χ0v) is 16.3. The number of amides is 1. The molecule has 142 valence electrons. The van der Waals surface area contributed by atoms with Gasteiger partial charge in [0.25, 0.3) is 5.91 Å². The van der Waals surface area contributed by atoms with E-state index in [1.165, 1.54) is 31.4 Å². The summed E-state index contributed by atoms with van der Waals surface area (Å²) >= 11 is 0. The molecular weight excluding hydrogens is 343 g/mol. The van der Waals surface area contributed by atoms with Gasteiger partial charge in [0.15, 0.2) is 5.49 Å². The SMILES string of the molecule is Cn1c(C(C)(C)C)cc(=NC(=O)c2cc(C#N)ccc2F)n1CC1CCC1. The van der Waals surface area contributed by atoms with Crippen molar-refractivity contribution >= 4 is 5.91 Å². The largest absolute Gasteiger partial charge is 0.291 e. The lowest BCUT2D eigenvalue weighted by molar-refractivity contribution is 0.0992. The highest BCUT2D eigenvalue weighted by molar-refractivity contribution is 5.95. The normalized spacial score (nSPS) is 15.5. The van der Waals surface area contributed by atoms with Gasteiger partial charge in [0.2, 0.25) is 0 Å². The molecule has 1 amide bonds. The van der Waals surface area contributed by atoms with Crippen LogP contribution < -0.4 is 5.49 Å². The van der Waals surface area contributed by atoms with Crippen LogP contribution in [0.2, 0.25) is 0 Å². The molecule has 0 bridgehead atoms. The molecule has 0 saturated heterocycles. The molecule has 1 aliphatic rings. The lowest BCUT2D eigenvalue weighted by Crippen LogP contribution is -2.30. The van der Waals surface area contributed by atoms with Crippen molar-refractivity contribution in [3.05, 3.63) is 52.4 Å². The van der Waals surface area contributed by atoms with Crippen molar-refractivity contribution in [2.45, 2.75) is 52.0 Å². The number of nitrogens with zero attached hydrogens (tertiary/aromatic N) is 4. The molecule has 3 rings (SSSR count). The average molecular weight is 368 g/mol. The monoisotopic (exact) mass is 368 g/mol. The highest BCUT2D eigenvalue weighted by atomic mass is 19.1. The number of carbonyl (C=O) groups excluding carboxylic acids is 1. The Morgan fingerprint density at radius 2 is 2.04 bits per heavy atom. The van der Waals surface area contributed by atoms with Crippen LogP contribution in [0.1, 0.15) is 61.6 Å². The second kappa shape index (κ2) is 7.15. The van der Waals surface area contributed by atoms with E-state index in [-0.39, 0.29) is 16.5 Å². The maximum absolute atomic E-state index is 14.1. The lowest BCUT2D eigenvalue weighted by Gasteiger charge is -2.27. The highest BCUT2D eigenvalue weighted by Gasteiger charge is 2.24. The molecule has 0 aliphatic heterocycles. The fourth-order valence-electron chi connectivity index (χ4n) is 3.42. The minimum atomic E-state index is -0.669. The second-order valence-corrected chi connectivity index (χ2v) is 8.26. The van der Waals surface area contributed by atoms with Crippen LogP contribution >= 0.6 is 0 Å². The summed E-state index contributed by atoms with van der Waals surface area (Å²) in [4.78, 5) is 16.9. The van der Waals surface area contributed by atoms with Crippen LogP contribution in [-0.4, -0.2) is 15.3 Å². The van der Waals surface area contributed by atoms with Gasteiger partial charge in [-0.15, -0.1) is 0 Å². The van der Waals surface area contributed by atoms with Crippen LogP contribution in [0.15, 0.2) is 29.3 Å². The van der Waals surface area contributed by atoms with E-state index >= 15 is 0 Å². The Morgan fingerprint density at radius 1 is 1.33 bits per heavy atom. The molecule has 0 atom stereocenters. The summed E-state index contributed by atoms with van der Waals surface area (Å²) in [6.07, 6.45) is 3.59. The summed E-state index contributed by atoms with van der Waals surface area (Å²) in [5, 5.41) is 9.01. The van der Waals surface area contributed by atoms with Gasteiger partial charge < -0.3 is 0 Å². The highest BCUT2D eigenvalue weighted by Crippen LogP contribution is 2.28. The Balaban J connectivity index is 2.09. The van der Waals surface area contributed by atoms with Crippen LogP contribution in [0.25, 0.3) is 0 Å². The molecule has 1 saturated carbocycles. The van der Waals surface area contributed by atoms with E-state index in [4.69, 9.17) is 5.26 Å². The van der Waals surface area contributed by atoms with Crippen molar-refractivity contribution in [2.24, 2.45) is 18.0 Å². The standard InChI is InChI=1S/C21H25FN4O/c1-21(2,3)18-11-19(26(25(18)4)13-14-6-5-7-14)24-20(27)16-10-15(12-23)8-9-17(16)22/h8-11,14H,5-7,13H2,1-4H3. The van der Waals surface area contributed by atoms with Gasteiger partial charge in [-0.2, -0.15) is 10.3 Å². The molecule has 5 nitrogen and oxygen atoms in total. The number of nitriles is 1. The Morgan fingerprint density at radius 3 is 2.59 bits per heavy atom. The van der Waals surface area contributed by atoms with Crippen molar-refractivity contribution in [2.75, 3.05) is 0 Å². The third-order valence-electron chi connectivity index (χ3n) is 5.21. The van der Waals surface area contributed by atoms with Gasteiger partial charge in [0.05, 0.1) is 17.2 Å². The van der Waals surface area contributed by atoms with Crippen LogP contribution in [0.4, 0.5) is 4.39 Å². The molecule has 0 unspecified atom stereocenters. The first-order valence-corrected chi connectivity index (χ1v) is 9.26. The first-order valence-electron chi connectivity index (χ1n) is 9.26. The van der Waals surface area contributed by atoms with Crippen molar-refractivity contribution in [1.29, 1.82) is 5.26 Å². The number of aromatic nitrogens is 2. The second-order valence-electron chi connectivity index (χ2n) is 8.26. The summed E-state index contributed by atoms with van der Waals surface area (Å²) < 4.78 is 18.2. The number of halogens is 1. The molecular formula is C21H25FN4O. The van der Waals surface area contributed by atoms with Crippen LogP contribution in [0.5, 0.6) is 0 Å². The number of carbonyl (C=O) groups is 1. The quantitative estimate of drug-likeness (QED) is 0.830. The number of hydrogen-bond donors (Lipinski definition) is 0. The van der Waals surface area contributed by atoms with Gasteiger partial charge >= 0.3 is 0 Å². The molecule has 0 N–H and O–H groups in total. The van der Waals surface area contributed by atoms with E-state index in [2.05, 4.69) is 25.8 Å². The van der Waals surface area contributed by atoms with Gasteiger partial charge in [-0.3, -0.25) is 14.2 Å². The Bertz CT molecular complexity index is 981. The molecule has 2 aromatic rings. The van der Waals surface area contributed by atoms with E-state index in [0.717, 1.165) is 18.3 Å². The topological polar surface area (TPSA) is 63.1 Å². The van der Waals surface area contributed by atoms with Crippen molar-refractivity contribution in [3.63, 3.8) is 0 Å². The molecule has 1 fully saturated rings. The number of benzene rings is 1. The molecule has 0 radical (unpaired) electrons. The minimum absolute atomic E-state index is 0.112. The fourth-order valence-corrected chi connectivity index (χ4v) is 3.42. The Labute approximate surface area is 158 Å². The van der Waals surface area contributed by atoms with Crippen LogP contribution in [0.3, 0.4) is 0 Å². The Hall–Kier alpha value is -2.68. The van der Waals surface area contributed by atoms with Gasteiger partial charge in [0, 0.05) is 30.8 Å². The predicted molar refractivity (Wildman–Crippen MR) is 100 cm³/mol. The van der Waals surface area contributed by atoms with E-state index in [0.29, 0.717) is 11.4 Å². The minimum Gasteiger partial charge on any atom is -0.291 e. The maximum Gasteiger partial charge on any atom is 0.282 e. The van der Waals surface area contributed by atoms with Gasteiger partial charge in [-0.1, -0.05) is 27.2 Å². The maximum atomic E-state index is 14.1. The lowest BCUT2D eigenvalue weighted by atomic mass is 9.85. The molecule has 1 aliphatic carbocycles. The van der Waals surface area contributed by atoms with Gasteiger partial charge in [-0.25, -0.2) is 4.39 Å². The zero-order valence-electron chi connectivity index (χ0n) is 16.3. The number of hydrogen-bond acceptors (Lipinski definition) is 2. The fraction of sp³-hybridized carbons (Fsp3) is 0.476. The van der Waals surface area contributed by atoms with Crippen LogP contribution in [0, 0.1) is 23.1 Å². The van der Waals surface area contributed by atoms with Crippen molar-refractivity contribution in [1.82, 2.24) is 9.36 Å². The van der Waals surface area contributed by atoms with Crippen molar-refractivity contribution in [3.8, 4) is 6.07 Å². The van der Waals surface area contributed by atoms with Crippen LogP contribution in [-0.2, 0) is 19.0 Å². The van der Waals surface area contributed by atoms with E-state index in [1.807, 2.05) is 28.5 Å². The summed E-state index contributed by atoms with van der Waals surface area (Å²) in [7, 11) is 1.97. The van der Waals surface area contributed by atoms with Crippen molar-refractivity contribution < 1.29 is 9.18 Å². The molecule has 1 aromatic carbocycles. The molecule has 1 aromatic heterocycles. The van der Waals surface area contributed by atoms with E-state index in [9.17, 15) is 9.18 Å². The third-order valence-corrected chi connectivity index (χ3v) is 5.21. The average Bonchev–Trinajstić information content (AvgIpc) is 2.87. The molecule has 0 spiro atoms. The first-order chi connectivity index (χ1) is 12.7. The third kappa shape index (κ3) is 3.87. The smallest absolute Gasteiger partial charge is 0.282 e. The predicted octanol–water partition coefficient (Wildman–Crippen LogP) is 3.68. The molecule has 1 heterocycles.